The average Bonchev–Trinajstić information content (AvgIpc) is 2.62. The molecule has 1 unspecified atom stereocenters. The Hall–Kier alpha value is -3.55. The van der Waals surface area contributed by atoms with E-state index in [1.807, 2.05) is 0 Å². The minimum absolute atomic E-state index is 0.0961. The van der Waals surface area contributed by atoms with Crippen molar-refractivity contribution in [3.8, 4) is 11.5 Å². The number of phenolic OH excluding ortho intramolecular Hbond substituents is 1. The Labute approximate surface area is 149 Å². The second-order valence-corrected chi connectivity index (χ2v) is 5.21. The number of hydrogen-bond donors (Lipinski definition) is 3. The third-order valence-corrected chi connectivity index (χ3v) is 3.36. The summed E-state index contributed by atoms with van der Waals surface area (Å²) >= 11 is 0. The molecule has 8 heteroatoms. The van der Waals surface area contributed by atoms with Crippen LogP contribution in [0.3, 0.4) is 0 Å². The number of anilines is 1. The van der Waals surface area contributed by atoms with Crippen LogP contribution in [-0.4, -0.2) is 36.2 Å². The van der Waals surface area contributed by atoms with E-state index in [2.05, 4.69) is 10.6 Å². The zero-order chi connectivity index (χ0) is 19.1. The van der Waals surface area contributed by atoms with Gasteiger partial charge in [0, 0.05) is 5.69 Å². The first kappa shape index (κ1) is 18.8. The molecular weight excluding hydrogens is 340 g/mol. The Morgan fingerprint density at radius 2 is 1.73 bits per heavy atom. The Kier molecular flexibility index (Phi) is 6.15. The van der Waals surface area contributed by atoms with E-state index in [0.29, 0.717) is 5.69 Å². The van der Waals surface area contributed by atoms with Gasteiger partial charge in [-0.2, -0.15) is 0 Å². The molecule has 2 rings (SSSR count). The molecule has 3 N–H and O–H groups in total. The number of urea groups is 1. The number of carbonyl (C=O) groups is 3. The third-order valence-electron chi connectivity index (χ3n) is 3.36. The highest BCUT2D eigenvalue weighted by molar-refractivity contribution is 6.03. The van der Waals surface area contributed by atoms with E-state index in [1.165, 1.54) is 32.2 Å². The highest BCUT2D eigenvalue weighted by atomic mass is 16.5. The number of carbonyl (C=O) groups excluding carboxylic acids is 3. The monoisotopic (exact) mass is 358 g/mol. The first-order valence-electron chi connectivity index (χ1n) is 7.66. The number of rotatable bonds is 5. The first-order valence-corrected chi connectivity index (χ1v) is 7.66. The van der Waals surface area contributed by atoms with Crippen LogP contribution in [0.2, 0.25) is 0 Å². The van der Waals surface area contributed by atoms with Crippen molar-refractivity contribution in [2.45, 2.75) is 13.0 Å². The van der Waals surface area contributed by atoms with Crippen LogP contribution in [0.15, 0.2) is 48.5 Å². The minimum Gasteiger partial charge on any atom is -0.504 e. The quantitative estimate of drug-likeness (QED) is 0.707. The second kappa shape index (κ2) is 8.52. The van der Waals surface area contributed by atoms with E-state index < -0.39 is 29.8 Å². The molecule has 1 atom stereocenters. The maximum absolute atomic E-state index is 12.1. The summed E-state index contributed by atoms with van der Waals surface area (Å²) < 4.78 is 9.89. The highest BCUT2D eigenvalue weighted by Crippen LogP contribution is 2.29. The lowest BCUT2D eigenvalue weighted by molar-refractivity contribution is -0.127. The minimum atomic E-state index is -1.25. The van der Waals surface area contributed by atoms with Crippen molar-refractivity contribution in [3.05, 3.63) is 54.1 Å². The zero-order valence-corrected chi connectivity index (χ0v) is 14.2. The molecule has 136 valence electrons. The molecule has 0 aliphatic rings. The second-order valence-electron chi connectivity index (χ2n) is 5.21. The number of methoxy groups -OCH3 is 1. The Balaban J connectivity index is 1.94. The predicted octanol–water partition coefficient (Wildman–Crippen LogP) is 2.29. The lowest BCUT2D eigenvalue weighted by Gasteiger charge is -2.14. The summed E-state index contributed by atoms with van der Waals surface area (Å²) in [5.41, 5.74) is 0.349. The summed E-state index contributed by atoms with van der Waals surface area (Å²) in [4.78, 5) is 35.9. The number of ether oxygens (including phenoxy) is 2. The van der Waals surface area contributed by atoms with Gasteiger partial charge in [0.1, 0.15) is 5.56 Å². The lowest BCUT2D eigenvalue weighted by atomic mass is 10.2. The number of imide groups is 1. The zero-order valence-electron chi connectivity index (χ0n) is 14.2. The summed E-state index contributed by atoms with van der Waals surface area (Å²) in [5, 5.41) is 14.5. The van der Waals surface area contributed by atoms with Crippen LogP contribution in [0.1, 0.15) is 17.3 Å². The Morgan fingerprint density at radius 3 is 2.38 bits per heavy atom. The number of esters is 1. The van der Waals surface area contributed by atoms with E-state index in [-0.39, 0.29) is 11.3 Å². The number of nitrogens with one attached hydrogen (secondary N) is 2. The first-order chi connectivity index (χ1) is 12.4. The number of phenols is 1. The van der Waals surface area contributed by atoms with Gasteiger partial charge in [-0.05, 0) is 31.2 Å². The van der Waals surface area contributed by atoms with E-state index in [1.54, 1.807) is 30.3 Å². The van der Waals surface area contributed by atoms with Crippen molar-refractivity contribution in [3.63, 3.8) is 0 Å². The average molecular weight is 358 g/mol. The summed E-state index contributed by atoms with van der Waals surface area (Å²) in [6, 6.07) is 12.1. The molecule has 0 aromatic heterocycles. The summed E-state index contributed by atoms with van der Waals surface area (Å²) in [6.45, 7) is 1.31. The highest BCUT2D eigenvalue weighted by Gasteiger charge is 2.23. The van der Waals surface area contributed by atoms with E-state index >= 15 is 0 Å². The Morgan fingerprint density at radius 1 is 1.04 bits per heavy atom. The largest absolute Gasteiger partial charge is 0.504 e. The molecule has 26 heavy (non-hydrogen) atoms. The van der Waals surface area contributed by atoms with Crippen LogP contribution in [0, 0.1) is 0 Å². The molecule has 3 amide bonds. The van der Waals surface area contributed by atoms with Gasteiger partial charge in [0.15, 0.2) is 17.6 Å². The van der Waals surface area contributed by atoms with Crippen molar-refractivity contribution in [2.24, 2.45) is 0 Å². The van der Waals surface area contributed by atoms with Gasteiger partial charge < -0.3 is 19.9 Å². The number of aromatic hydroxyl groups is 1. The van der Waals surface area contributed by atoms with Crippen molar-refractivity contribution >= 4 is 23.6 Å². The summed E-state index contributed by atoms with van der Waals surface area (Å²) in [6.07, 6.45) is -1.25. The van der Waals surface area contributed by atoms with Crippen LogP contribution in [0.25, 0.3) is 0 Å². The molecule has 2 aromatic rings. The van der Waals surface area contributed by atoms with Crippen LogP contribution < -0.4 is 15.4 Å². The molecule has 0 fully saturated rings. The van der Waals surface area contributed by atoms with Gasteiger partial charge in [-0.15, -0.1) is 0 Å². The maximum atomic E-state index is 12.1. The Bertz CT molecular complexity index is 807. The summed E-state index contributed by atoms with van der Waals surface area (Å²) in [5.74, 6) is -2.03. The molecule has 0 aliphatic carbocycles. The van der Waals surface area contributed by atoms with Crippen molar-refractivity contribution in [2.75, 3.05) is 12.4 Å². The molecule has 0 saturated heterocycles. The molecule has 0 aliphatic heterocycles. The van der Waals surface area contributed by atoms with Gasteiger partial charge in [0.2, 0.25) is 0 Å². The van der Waals surface area contributed by atoms with Crippen LogP contribution in [-0.2, 0) is 9.53 Å². The van der Waals surface area contributed by atoms with E-state index in [9.17, 15) is 19.5 Å². The maximum Gasteiger partial charge on any atom is 0.342 e. The third kappa shape index (κ3) is 4.73. The van der Waals surface area contributed by atoms with Crippen LogP contribution in [0.4, 0.5) is 10.5 Å². The lowest BCUT2D eigenvalue weighted by Crippen LogP contribution is -2.41. The number of benzene rings is 2. The van der Waals surface area contributed by atoms with Gasteiger partial charge in [-0.3, -0.25) is 10.1 Å². The number of para-hydroxylation sites is 2. The fraction of sp³-hybridized carbons (Fsp3) is 0.167. The van der Waals surface area contributed by atoms with Gasteiger partial charge in [-0.1, -0.05) is 24.3 Å². The van der Waals surface area contributed by atoms with Crippen LogP contribution in [0.5, 0.6) is 11.5 Å². The van der Waals surface area contributed by atoms with Crippen LogP contribution >= 0.6 is 0 Å². The smallest absolute Gasteiger partial charge is 0.342 e. The fourth-order valence-electron chi connectivity index (χ4n) is 2.03. The summed E-state index contributed by atoms with van der Waals surface area (Å²) in [7, 11) is 1.34. The van der Waals surface area contributed by atoms with E-state index in [4.69, 9.17) is 9.47 Å². The molecule has 0 saturated carbocycles. The molecule has 0 bridgehead atoms. The van der Waals surface area contributed by atoms with Gasteiger partial charge in [-0.25, -0.2) is 9.59 Å². The molecule has 0 spiro atoms. The molecule has 2 aromatic carbocycles. The van der Waals surface area contributed by atoms with Crippen molar-refractivity contribution in [1.29, 1.82) is 0 Å². The standard InChI is InChI=1S/C18H18N2O6/c1-11(16(22)20-18(24)19-12-7-4-3-5-8-12)26-17(23)13-9-6-10-14(25-2)15(13)21/h3-11,21H,1-2H3,(H2,19,20,22,24). The SMILES string of the molecule is COc1cccc(C(=O)OC(C)C(=O)NC(=O)Nc2ccccc2)c1O. The number of hydrogen-bond acceptors (Lipinski definition) is 6. The molecule has 0 heterocycles. The topological polar surface area (TPSA) is 114 Å². The molecular formula is C18H18N2O6. The fourth-order valence-corrected chi connectivity index (χ4v) is 2.03. The number of amides is 3. The molecule has 8 nitrogen and oxygen atoms in total. The van der Waals surface area contributed by atoms with Gasteiger partial charge in [0.05, 0.1) is 7.11 Å². The van der Waals surface area contributed by atoms with Crippen molar-refractivity contribution in [1.82, 2.24) is 5.32 Å². The van der Waals surface area contributed by atoms with Gasteiger partial charge >= 0.3 is 12.0 Å². The van der Waals surface area contributed by atoms with E-state index in [0.717, 1.165) is 0 Å². The molecule has 0 radical (unpaired) electrons. The van der Waals surface area contributed by atoms with Gasteiger partial charge in [0.25, 0.3) is 5.91 Å². The predicted molar refractivity (Wildman–Crippen MR) is 93.1 cm³/mol. The normalized spacial score (nSPS) is 11.2. The van der Waals surface area contributed by atoms with Crippen molar-refractivity contribution < 1.29 is 29.0 Å².